The fourth-order valence-electron chi connectivity index (χ4n) is 3.60. The molecule has 0 radical (unpaired) electrons. The van der Waals surface area contributed by atoms with Crippen LogP contribution in [0.5, 0.6) is 0 Å². The summed E-state index contributed by atoms with van der Waals surface area (Å²) in [6.07, 6.45) is -0.0757. The molecule has 3 amide bonds. The van der Waals surface area contributed by atoms with Crippen LogP contribution >= 0.6 is 0 Å². The molecule has 0 aliphatic carbocycles. The first-order chi connectivity index (χ1) is 13.6. The van der Waals surface area contributed by atoms with Gasteiger partial charge in [0.15, 0.2) is 0 Å². The molecule has 29 heavy (non-hydrogen) atoms. The maximum Gasteiger partial charge on any atom is 0.257 e. The van der Waals surface area contributed by atoms with Crippen LogP contribution in [-0.4, -0.2) is 34.2 Å². The second kappa shape index (κ2) is 7.51. The van der Waals surface area contributed by atoms with E-state index in [-0.39, 0.29) is 18.2 Å². The van der Waals surface area contributed by atoms with Crippen molar-refractivity contribution in [3.05, 3.63) is 65.2 Å². The van der Waals surface area contributed by atoms with Crippen molar-refractivity contribution in [2.75, 3.05) is 4.90 Å². The molecule has 1 fully saturated rings. The highest BCUT2D eigenvalue weighted by Gasteiger charge is 2.47. The topological polar surface area (TPSA) is 81.5 Å². The number of benzene rings is 2. The number of hydrogen-bond acceptors (Lipinski definition) is 4. The molecule has 0 bridgehead atoms. The summed E-state index contributed by atoms with van der Waals surface area (Å²) in [5, 5.41) is 8.95. The molecular weight excluding hydrogens is 366 g/mol. The van der Waals surface area contributed by atoms with Gasteiger partial charge >= 0.3 is 0 Å². The quantitative estimate of drug-likeness (QED) is 0.753. The molecule has 6 nitrogen and oxygen atoms in total. The number of rotatable bonds is 3. The molecule has 0 spiro atoms. The Bertz CT molecular complexity index is 1010. The van der Waals surface area contributed by atoms with Gasteiger partial charge < -0.3 is 4.90 Å². The molecule has 1 aliphatic heterocycles. The third-order valence-electron chi connectivity index (χ3n) is 4.90. The molecule has 6 heteroatoms. The summed E-state index contributed by atoms with van der Waals surface area (Å²) in [6.45, 7) is 7.45. The first kappa shape index (κ1) is 20.3. The van der Waals surface area contributed by atoms with Gasteiger partial charge in [-0.15, -0.1) is 0 Å². The summed E-state index contributed by atoms with van der Waals surface area (Å²) >= 11 is 0. The van der Waals surface area contributed by atoms with Crippen LogP contribution in [0.3, 0.4) is 0 Å². The lowest BCUT2D eigenvalue weighted by Gasteiger charge is -2.39. The van der Waals surface area contributed by atoms with Gasteiger partial charge in [0, 0.05) is 11.1 Å². The van der Waals surface area contributed by atoms with Gasteiger partial charge in [-0.1, -0.05) is 17.7 Å². The van der Waals surface area contributed by atoms with Gasteiger partial charge in [-0.2, -0.15) is 5.26 Å². The van der Waals surface area contributed by atoms with Gasteiger partial charge in [-0.3, -0.25) is 14.4 Å². The number of imide groups is 1. The lowest BCUT2D eigenvalue weighted by molar-refractivity contribution is -0.123. The highest BCUT2D eigenvalue weighted by atomic mass is 16.2. The highest BCUT2D eigenvalue weighted by molar-refractivity contribution is 6.23. The number of carbonyl (C=O) groups excluding carboxylic acids is 3. The molecule has 0 saturated carbocycles. The van der Waals surface area contributed by atoms with Crippen LogP contribution in [0.4, 0.5) is 5.69 Å². The zero-order chi connectivity index (χ0) is 21.3. The molecule has 2 aromatic rings. The Kier molecular flexibility index (Phi) is 5.25. The third-order valence-corrected chi connectivity index (χ3v) is 4.90. The minimum atomic E-state index is -0.883. The van der Waals surface area contributed by atoms with E-state index >= 15 is 0 Å². The van der Waals surface area contributed by atoms with E-state index in [1.807, 2.05) is 39.8 Å². The lowest BCUT2D eigenvalue weighted by Crippen LogP contribution is -2.54. The number of carbonyl (C=O) groups is 3. The molecule has 1 aliphatic rings. The number of anilines is 1. The molecule has 1 atom stereocenters. The Morgan fingerprint density at radius 3 is 2.34 bits per heavy atom. The third kappa shape index (κ3) is 3.90. The number of nitrogens with zero attached hydrogens (tertiary/aromatic N) is 3. The molecular formula is C23H23N3O3. The molecule has 1 saturated heterocycles. The number of nitriles is 1. The van der Waals surface area contributed by atoms with Gasteiger partial charge in [0.05, 0.1) is 23.7 Å². The van der Waals surface area contributed by atoms with Crippen LogP contribution in [0.2, 0.25) is 0 Å². The normalized spacial score (nSPS) is 16.7. The zero-order valence-corrected chi connectivity index (χ0v) is 17.0. The Morgan fingerprint density at radius 1 is 1.14 bits per heavy atom. The van der Waals surface area contributed by atoms with E-state index < -0.39 is 17.5 Å². The molecule has 0 aromatic heterocycles. The van der Waals surface area contributed by atoms with Gasteiger partial charge in [0.2, 0.25) is 5.91 Å². The molecule has 1 heterocycles. The first-order valence-electron chi connectivity index (χ1n) is 9.41. The predicted octanol–water partition coefficient (Wildman–Crippen LogP) is 3.44. The van der Waals surface area contributed by atoms with Crippen molar-refractivity contribution in [1.82, 2.24) is 4.90 Å². The number of hydrogen-bond donors (Lipinski definition) is 0. The molecule has 1 unspecified atom stereocenters. The van der Waals surface area contributed by atoms with Gasteiger partial charge in [0.1, 0.15) is 6.04 Å². The van der Waals surface area contributed by atoms with E-state index in [2.05, 4.69) is 0 Å². The fourth-order valence-corrected chi connectivity index (χ4v) is 3.60. The molecule has 3 rings (SSSR count). The standard InChI is InChI=1S/C23H23N3O3/c1-15-6-5-7-17(12-15)21(28)26(23(2,3)4)19-13-20(27)25(22(19)29)18-10-8-16(14-24)9-11-18/h5-12,19H,13H2,1-4H3. The lowest BCUT2D eigenvalue weighted by atomic mass is 9.99. The average Bonchev–Trinajstić information content (AvgIpc) is 2.94. The predicted molar refractivity (Wildman–Crippen MR) is 109 cm³/mol. The van der Waals surface area contributed by atoms with Crippen molar-refractivity contribution >= 4 is 23.4 Å². The van der Waals surface area contributed by atoms with Crippen molar-refractivity contribution in [2.45, 2.75) is 45.7 Å². The monoisotopic (exact) mass is 389 g/mol. The van der Waals surface area contributed by atoms with E-state index in [4.69, 9.17) is 5.26 Å². The summed E-state index contributed by atoms with van der Waals surface area (Å²) in [6, 6.07) is 14.6. The first-order valence-corrected chi connectivity index (χ1v) is 9.41. The van der Waals surface area contributed by atoms with Crippen molar-refractivity contribution in [3.63, 3.8) is 0 Å². The Morgan fingerprint density at radius 2 is 1.79 bits per heavy atom. The van der Waals surface area contributed by atoms with Gasteiger partial charge in [-0.05, 0) is 64.1 Å². The van der Waals surface area contributed by atoms with Crippen LogP contribution < -0.4 is 4.90 Å². The van der Waals surface area contributed by atoms with Crippen LogP contribution in [0, 0.1) is 18.3 Å². The zero-order valence-electron chi connectivity index (χ0n) is 17.0. The van der Waals surface area contributed by atoms with Crippen LogP contribution in [0.15, 0.2) is 48.5 Å². The van der Waals surface area contributed by atoms with Crippen molar-refractivity contribution in [2.24, 2.45) is 0 Å². The summed E-state index contributed by atoms with van der Waals surface area (Å²) in [4.78, 5) is 41.8. The second-order valence-electron chi connectivity index (χ2n) is 8.16. The molecule has 2 aromatic carbocycles. The van der Waals surface area contributed by atoms with Gasteiger partial charge in [0.25, 0.3) is 11.8 Å². The number of aryl methyl sites for hydroxylation is 1. The Labute approximate surface area is 170 Å². The molecule has 148 valence electrons. The largest absolute Gasteiger partial charge is 0.321 e. The van der Waals surface area contributed by atoms with Crippen LogP contribution in [-0.2, 0) is 9.59 Å². The van der Waals surface area contributed by atoms with Crippen LogP contribution in [0.1, 0.15) is 48.7 Å². The summed E-state index contributed by atoms with van der Waals surface area (Å²) in [5.74, 6) is -1.08. The molecule has 0 N–H and O–H groups in total. The average molecular weight is 389 g/mol. The van der Waals surface area contributed by atoms with Crippen molar-refractivity contribution in [1.29, 1.82) is 5.26 Å². The number of amides is 3. The van der Waals surface area contributed by atoms with Crippen molar-refractivity contribution in [3.8, 4) is 6.07 Å². The van der Waals surface area contributed by atoms with E-state index in [0.29, 0.717) is 16.8 Å². The Hall–Kier alpha value is -3.46. The van der Waals surface area contributed by atoms with E-state index in [9.17, 15) is 14.4 Å². The van der Waals surface area contributed by atoms with E-state index in [1.165, 1.54) is 4.90 Å². The summed E-state index contributed by atoms with van der Waals surface area (Å²) < 4.78 is 0. The second-order valence-corrected chi connectivity index (χ2v) is 8.16. The maximum atomic E-state index is 13.3. The Balaban J connectivity index is 1.97. The van der Waals surface area contributed by atoms with E-state index in [1.54, 1.807) is 42.5 Å². The highest BCUT2D eigenvalue weighted by Crippen LogP contribution is 2.31. The van der Waals surface area contributed by atoms with E-state index in [0.717, 1.165) is 10.5 Å². The van der Waals surface area contributed by atoms with Gasteiger partial charge in [-0.25, -0.2) is 4.90 Å². The van der Waals surface area contributed by atoms with Crippen LogP contribution in [0.25, 0.3) is 0 Å². The summed E-state index contributed by atoms with van der Waals surface area (Å²) in [5.41, 5.74) is 1.60. The maximum absolute atomic E-state index is 13.3. The minimum Gasteiger partial charge on any atom is -0.321 e. The van der Waals surface area contributed by atoms with Crippen molar-refractivity contribution < 1.29 is 14.4 Å². The smallest absolute Gasteiger partial charge is 0.257 e. The fraction of sp³-hybridized carbons (Fsp3) is 0.304. The summed E-state index contributed by atoms with van der Waals surface area (Å²) in [7, 11) is 0. The SMILES string of the molecule is Cc1cccc(C(=O)N(C2CC(=O)N(c3ccc(C#N)cc3)C2=O)C(C)(C)C)c1. The minimum absolute atomic E-state index is 0.0757.